The first kappa shape index (κ1) is 13.1. The Kier molecular flexibility index (Phi) is 4.73. The number of benzene rings is 1. The molecule has 0 saturated heterocycles. The van der Waals surface area contributed by atoms with E-state index < -0.39 is 0 Å². The molecule has 0 fully saturated rings. The van der Waals surface area contributed by atoms with E-state index in [0.29, 0.717) is 13.2 Å². The Morgan fingerprint density at radius 2 is 2.06 bits per heavy atom. The van der Waals surface area contributed by atoms with Gasteiger partial charge in [0.15, 0.2) is 0 Å². The highest BCUT2D eigenvalue weighted by Crippen LogP contribution is 2.16. The topological polar surface area (TPSA) is 48.1 Å². The second kappa shape index (κ2) is 6.52. The molecular formula is C14H18N2OS. The predicted molar refractivity (Wildman–Crippen MR) is 75.0 cm³/mol. The minimum Gasteiger partial charge on any atom is -0.486 e. The fourth-order valence-electron chi connectivity index (χ4n) is 1.59. The minimum absolute atomic E-state index is 0.538. The zero-order chi connectivity index (χ0) is 12.8. The molecule has 0 bridgehead atoms. The van der Waals surface area contributed by atoms with Crippen LogP contribution in [-0.2, 0) is 13.0 Å². The first-order valence-corrected chi connectivity index (χ1v) is 6.98. The van der Waals surface area contributed by atoms with Crippen LogP contribution in [0.1, 0.15) is 22.7 Å². The van der Waals surface area contributed by atoms with Gasteiger partial charge in [0.25, 0.3) is 0 Å². The summed E-state index contributed by atoms with van der Waals surface area (Å²) in [6, 6.07) is 8.06. The molecular weight excluding hydrogens is 244 g/mol. The number of nitrogens with two attached hydrogens (primary N) is 1. The van der Waals surface area contributed by atoms with Gasteiger partial charge < -0.3 is 10.5 Å². The molecule has 0 amide bonds. The average molecular weight is 262 g/mol. The van der Waals surface area contributed by atoms with Crippen molar-refractivity contribution in [1.82, 2.24) is 4.98 Å². The van der Waals surface area contributed by atoms with Gasteiger partial charge in [0, 0.05) is 5.38 Å². The zero-order valence-corrected chi connectivity index (χ0v) is 11.4. The van der Waals surface area contributed by atoms with Gasteiger partial charge in [0.1, 0.15) is 17.4 Å². The Bertz CT molecular complexity index is 479. The highest BCUT2D eigenvalue weighted by atomic mass is 32.1. The number of hydrogen-bond donors (Lipinski definition) is 1. The van der Waals surface area contributed by atoms with E-state index in [1.807, 2.05) is 24.3 Å². The molecule has 0 saturated carbocycles. The first-order valence-electron chi connectivity index (χ1n) is 6.11. The lowest BCUT2D eigenvalue weighted by atomic mass is 10.2. The maximum atomic E-state index is 5.69. The summed E-state index contributed by atoms with van der Waals surface area (Å²) in [5, 5.41) is 3.10. The van der Waals surface area contributed by atoms with Gasteiger partial charge in [-0.05, 0) is 38.4 Å². The van der Waals surface area contributed by atoms with Crippen molar-refractivity contribution in [2.75, 3.05) is 6.54 Å². The SMILES string of the molecule is Cc1ccc(OCc2nc(CCCN)cs2)cc1. The van der Waals surface area contributed by atoms with Crippen LogP contribution in [0.15, 0.2) is 29.6 Å². The molecule has 1 aromatic carbocycles. The van der Waals surface area contributed by atoms with E-state index >= 15 is 0 Å². The van der Waals surface area contributed by atoms with Gasteiger partial charge in [-0.3, -0.25) is 0 Å². The second-order valence-corrected chi connectivity index (χ2v) is 5.17. The Morgan fingerprint density at radius 3 is 2.78 bits per heavy atom. The first-order chi connectivity index (χ1) is 8.78. The summed E-state index contributed by atoms with van der Waals surface area (Å²) in [5.41, 5.74) is 7.84. The lowest BCUT2D eigenvalue weighted by Gasteiger charge is -2.03. The zero-order valence-electron chi connectivity index (χ0n) is 10.6. The van der Waals surface area contributed by atoms with Crippen LogP contribution >= 0.6 is 11.3 Å². The monoisotopic (exact) mass is 262 g/mol. The highest BCUT2D eigenvalue weighted by molar-refractivity contribution is 7.09. The Labute approximate surface area is 112 Å². The van der Waals surface area contributed by atoms with Gasteiger partial charge in [0.2, 0.25) is 0 Å². The summed E-state index contributed by atoms with van der Waals surface area (Å²) in [6.45, 7) is 3.32. The summed E-state index contributed by atoms with van der Waals surface area (Å²) in [7, 11) is 0. The summed E-state index contributed by atoms with van der Waals surface area (Å²) in [4.78, 5) is 4.52. The summed E-state index contributed by atoms with van der Waals surface area (Å²) in [5.74, 6) is 0.888. The third-order valence-electron chi connectivity index (χ3n) is 2.62. The van der Waals surface area contributed by atoms with Crippen LogP contribution in [0.25, 0.3) is 0 Å². The van der Waals surface area contributed by atoms with Gasteiger partial charge in [-0.25, -0.2) is 4.98 Å². The largest absolute Gasteiger partial charge is 0.486 e. The Morgan fingerprint density at radius 1 is 1.28 bits per heavy atom. The van der Waals surface area contributed by atoms with Crippen molar-refractivity contribution in [3.63, 3.8) is 0 Å². The van der Waals surface area contributed by atoms with Crippen molar-refractivity contribution in [2.45, 2.75) is 26.4 Å². The molecule has 0 atom stereocenters. The number of nitrogens with zero attached hydrogens (tertiary/aromatic N) is 1. The fraction of sp³-hybridized carbons (Fsp3) is 0.357. The molecule has 0 aliphatic carbocycles. The Hall–Kier alpha value is -1.39. The number of rotatable bonds is 6. The molecule has 18 heavy (non-hydrogen) atoms. The number of hydrogen-bond acceptors (Lipinski definition) is 4. The molecule has 4 heteroatoms. The molecule has 0 aliphatic rings. The Balaban J connectivity index is 1.86. The van der Waals surface area contributed by atoms with Crippen molar-refractivity contribution in [3.8, 4) is 5.75 Å². The van der Waals surface area contributed by atoms with E-state index in [9.17, 15) is 0 Å². The number of aryl methyl sites for hydroxylation is 2. The molecule has 0 spiro atoms. The van der Waals surface area contributed by atoms with Crippen molar-refractivity contribution < 1.29 is 4.74 Å². The van der Waals surface area contributed by atoms with Crippen LogP contribution in [-0.4, -0.2) is 11.5 Å². The van der Waals surface area contributed by atoms with E-state index in [-0.39, 0.29) is 0 Å². The maximum absolute atomic E-state index is 5.69. The lowest BCUT2D eigenvalue weighted by Crippen LogP contribution is -2.01. The molecule has 2 rings (SSSR count). The highest BCUT2D eigenvalue weighted by Gasteiger charge is 2.02. The molecule has 0 radical (unpaired) electrons. The van der Waals surface area contributed by atoms with Crippen LogP contribution < -0.4 is 10.5 Å². The van der Waals surface area contributed by atoms with Gasteiger partial charge in [-0.1, -0.05) is 17.7 Å². The summed E-state index contributed by atoms with van der Waals surface area (Å²) >= 11 is 1.65. The van der Waals surface area contributed by atoms with E-state index in [2.05, 4.69) is 17.3 Å². The minimum atomic E-state index is 0.538. The van der Waals surface area contributed by atoms with Gasteiger partial charge in [-0.15, -0.1) is 11.3 Å². The number of ether oxygens (including phenoxy) is 1. The van der Waals surface area contributed by atoms with Crippen molar-refractivity contribution in [3.05, 3.63) is 45.9 Å². The maximum Gasteiger partial charge on any atom is 0.140 e. The smallest absolute Gasteiger partial charge is 0.140 e. The predicted octanol–water partition coefficient (Wildman–Crippen LogP) is 2.92. The van der Waals surface area contributed by atoms with Crippen molar-refractivity contribution >= 4 is 11.3 Å². The molecule has 1 aromatic heterocycles. The van der Waals surface area contributed by atoms with E-state index in [4.69, 9.17) is 10.5 Å². The van der Waals surface area contributed by atoms with Crippen LogP contribution in [0.3, 0.4) is 0 Å². The second-order valence-electron chi connectivity index (χ2n) is 4.23. The quantitative estimate of drug-likeness (QED) is 0.870. The molecule has 2 N–H and O–H groups in total. The standard InChI is InChI=1S/C14H18N2OS/c1-11-4-6-13(7-5-11)17-9-14-16-12(10-18-14)3-2-8-15/h4-7,10H,2-3,8-9,15H2,1H3. The van der Waals surface area contributed by atoms with Gasteiger partial charge in [0.05, 0.1) is 5.69 Å². The molecule has 1 heterocycles. The molecule has 96 valence electrons. The lowest BCUT2D eigenvalue weighted by molar-refractivity contribution is 0.305. The van der Waals surface area contributed by atoms with Gasteiger partial charge >= 0.3 is 0 Å². The molecule has 2 aromatic rings. The molecule has 0 unspecified atom stereocenters. The van der Waals surface area contributed by atoms with Gasteiger partial charge in [-0.2, -0.15) is 0 Å². The third-order valence-corrected chi connectivity index (χ3v) is 3.49. The van der Waals surface area contributed by atoms with E-state index in [0.717, 1.165) is 29.3 Å². The normalized spacial score (nSPS) is 10.6. The van der Waals surface area contributed by atoms with Crippen LogP contribution in [0, 0.1) is 6.92 Å². The van der Waals surface area contributed by atoms with Crippen LogP contribution in [0.5, 0.6) is 5.75 Å². The molecule has 0 aliphatic heterocycles. The summed E-state index contributed by atoms with van der Waals surface area (Å²) < 4.78 is 5.69. The van der Waals surface area contributed by atoms with E-state index in [1.165, 1.54) is 5.56 Å². The van der Waals surface area contributed by atoms with Crippen molar-refractivity contribution in [2.24, 2.45) is 5.73 Å². The third kappa shape index (κ3) is 3.82. The van der Waals surface area contributed by atoms with Crippen LogP contribution in [0.2, 0.25) is 0 Å². The van der Waals surface area contributed by atoms with E-state index in [1.54, 1.807) is 11.3 Å². The summed E-state index contributed by atoms with van der Waals surface area (Å²) in [6.07, 6.45) is 1.94. The number of thiazole rings is 1. The van der Waals surface area contributed by atoms with Crippen molar-refractivity contribution in [1.29, 1.82) is 0 Å². The van der Waals surface area contributed by atoms with Crippen LogP contribution in [0.4, 0.5) is 0 Å². The number of aromatic nitrogens is 1. The fourth-order valence-corrected chi connectivity index (χ4v) is 2.33. The molecule has 3 nitrogen and oxygen atoms in total. The average Bonchev–Trinajstić information content (AvgIpc) is 2.84.